The van der Waals surface area contributed by atoms with Gasteiger partial charge in [0.05, 0.1) is 21.8 Å². The highest BCUT2D eigenvalue weighted by Gasteiger charge is 2.15. The number of ether oxygens (including phenoxy) is 3. The van der Waals surface area contributed by atoms with E-state index < -0.39 is 6.29 Å². The molecule has 0 saturated carbocycles. The summed E-state index contributed by atoms with van der Waals surface area (Å²) in [4.78, 5) is 23.4. The first kappa shape index (κ1) is 30.7. The van der Waals surface area contributed by atoms with Crippen LogP contribution in [0.25, 0.3) is 0 Å². The van der Waals surface area contributed by atoms with Crippen molar-refractivity contribution < 1.29 is 28.9 Å². The quantitative estimate of drug-likeness (QED) is 0.175. The Morgan fingerprint density at radius 1 is 1.15 bits per heavy atom. The molecular weight excluding hydrogens is 592 g/mol. The van der Waals surface area contributed by atoms with E-state index in [1.807, 2.05) is 13.8 Å². The van der Waals surface area contributed by atoms with Gasteiger partial charge in [-0.05, 0) is 64.3 Å². The molecule has 1 aliphatic heterocycles. The largest absolute Gasteiger partial charge is 0.493 e. The lowest BCUT2D eigenvalue weighted by Crippen LogP contribution is -2.30. The van der Waals surface area contributed by atoms with Crippen LogP contribution in [0.3, 0.4) is 0 Å². The molecule has 0 aliphatic carbocycles. The minimum Gasteiger partial charge on any atom is -0.493 e. The van der Waals surface area contributed by atoms with Crippen LogP contribution in [0.15, 0.2) is 46.0 Å². The Morgan fingerprint density at radius 3 is 2.64 bits per heavy atom. The van der Waals surface area contributed by atoms with Gasteiger partial charge in [-0.3, -0.25) is 9.59 Å². The number of carbonyl (C=O) groups is 2. The summed E-state index contributed by atoms with van der Waals surface area (Å²) in [5, 5.41) is 20.5. The van der Waals surface area contributed by atoms with Crippen LogP contribution >= 0.6 is 27.5 Å². The van der Waals surface area contributed by atoms with E-state index in [2.05, 4.69) is 37.1 Å². The van der Waals surface area contributed by atoms with Crippen LogP contribution in [-0.2, 0) is 9.59 Å². The average molecular weight is 626 g/mol. The molecule has 0 saturated heterocycles. The summed E-state index contributed by atoms with van der Waals surface area (Å²) < 4.78 is 17.5. The highest BCUT2D eigenvalue weighted by Crippen LogP contribution is 2.30. The number of hydrogen-bond donors (Lipinski definition) is 4. The number of hydrazone groups is 1. The molecule has 39 heavy (non-hydrogen) atoms. The number of halogens is 2. The van der Waals surface area contributed by atoms with Gasteiger partial charge in [0.1, 0.15) is 17.2 Å². The maximum absolute atomic E-state index is 12.2. The summed E-state index contributed by atoms with van der Waals surface area (Å²) in [6.07, 6.45) is 1.06. The summed E-state index contributed by atoms with van der Waals surface area (Å²) in [5.74, 6) is 1.16. The molecule has 2 aromatic carbocycles. The maximum atomic E-state index is 12.2. The fraction of sp³-hybridized carbons (Fsp3) is 0.444. The second-order valence-corrected chi connectivity index (χ2v) is 10.4. The first-order chi connectivity index (χ1) is 18.7. The van der Waals surface area contributed by atoms with E-state index in [1.165, 1.54) is 0 Å². The van der Waals surface area contributed by atoms with E-state index >= 15 is 0 Å². The normalized spacial score (nSPS) is 13.9. The number of carbonyl (C=O) groups excluding carboxylic acids is 2. The summed E-state index contributed by atoms with van der Waals surface area (Å²) in [6.45, 7) is 5.38. The van der Waals surface area contributed by atoms with Crippen LogP contribution in [0.1, 0.15) is 45.1 Å². The molecule has 3 rings (SSSR count). The smallest absolute Gasteiger partial charge is 0.257 e. The molecule has 0 aromatic heterocycles. The average Bonchev–Trinajstić information content (AvgIpc) is 2.89. The van der Waals surface area contributed by atoms with Crippen molar-refractivity contribution in [2.24, 2.45) is 5.10 Å². The topological polar surface area (TPSA) is 131 Å². The molecule has 212 valence electrons. The first-order valence-electron chi connectivity index (χ1n) is 12.8. The number of hydrogen-bond acceptors (Lipinski definition) is 8. The molecule has 1 heterocycles. The Hall–Kier alpha value is -2.86. The highest BCUT2D eigenvalue weighted by molar-refractivity contribution is 9.10. The van der Waals surface area contributed by atoms with Crippen molar-refractivity contribution in [3.8, 4) is 17.2 Å². The Kier molecular flexibility index (Phi) is 12.3. The van der Waals surface area contributed by atoms with Crippen molar-refractivity contribution in [1.29, 1.82) is 0 Å². The lowest BCUT2D eigenvalue weighted by atomic mass is 10.0. The molecule has 2 amide bonds. The van der Waals surface area contributed by atoms with Gasteiger partial charge >= 0.3 is 0 Å². The van der Waals surface area contributed by atoms with Gasteiger partial charge in [-0.1, -0.05) is 25.4 Å². The van der Waals surface area contributed by atoms with Gasteiger partial charge in [0.25, 0.3) is 5.91 Å². The van der Waals surface area contributed by atoms with Gasteiger partial charge in [0.15, 0.2) is 12.9 Å². The predicted octanol–water partition coefficient (Wildman–Crippen LogP) is 3.77. The molecular formula is C27H34BrClN4O6. The molecule has 1 atom stereocenters. The number of nitrogens with zero attached hydrogens (tertiary/aromatic N) is 1. The van der Waals surface area contributed by atoms with Gasteiger partial charge in [-0.2, -0.15) is 5.10 Å². The minimum atomic E-state index is -0.913. The molecule has 0 bridgehead atoms. The number of nitrogens with one attached hydrogen (secondary N) is 3. The van der Waals surface area contributed by atoms with E-state index in [4.69, 9.17) is 25.8 Å². The lowest BCUT2D eigenvalue weighted by molar-refractivity contribution is -0.123. The third-order valence-electron chi connectivity index (χ3n) is 5.55. The Labute approximate surface area is 241 Å². The molecule has 10 nitrogen and oxygen atoms in total. The van der Waals surface area contributed by atoms with E-state index in [1.54, 1.807) is 36.4 Å². The van der Waals surface area contributed by atoms with Crippen LogP contribution in [-0.4, -0.2) is 61.3 Å². The van der Waals surface area contributed by atoms with Crippen LogP contribution in [0.2, 0.25) is 5.02 Å². The molecule has 0 fully saturated rings. The third kappa shape index (κ3) is 10.7. The number of amides is 2. The number of aliphatic hydroxyl groups is 1. The Balaban J connectivity index is 1.32. The Morgan fingerprint density at radius 2 is 1.95 bits per heavy atom. The van der Waals surface area contributed by atoms with Crippen LogP contribution in [0, 0.1) is 0 Å². The number of benzene rings is 2. The van der Waals surface area contributed by atoms with Crippen LogP contribution in [0.5, 0.6) is 17.2 Å². The molecule has 1 aliphatic rings. The second-order valence-electron chi connectivity index (χ2n) is 9.14. The van der Waals surface area contributed by atoms with Crippen molar-refractivity contribution >= 4 is 45.1 Å². The highest BCUT2D eigenvalue weighted by atomic mass is 79.9. The van der Waals surface area contributed by atoms with E-state index in [-0.39, 0.29) is 18.4 Å². The molecule has 1 unspecified atom stereocenters. The lowest BCUT2D eigenvalue weighted by Gasteiger charge is -2.16. The Bertz CT molecular complexity index is 1160. The van der Waals surface area contributed by atoms with Crippen molar-refractivity contribution in [2.75, 3.05) is 26.3 Å². The fourth-order valence-electron chi connectivity index (χ4n) is 3.53. The van der Waals surface area contributed by atoms with E-state index in [0.29, 0.717) is 78.2 Å². The number of rotatable bonds is 15. The molecule has 2 aromatic rings. The number of aliphatic hydroxyl groups excluding tert-OH is 1. The molecule has 0 radical (unpaired) electrons. The summed E-state index contributed by atoms with van der Waals surface area (Å²) in [6, 6.07) is 10.8. The van der Waals surface area contributed by atoms with Crippen molar-refractivity contribution in [1.82, 2.24) is 16.1 Å². The van der Waals surface area contributed by atoms with Gasteiger partial charge in [0.2, 0.25) is 5.91 Å². The zero-order valence-corrected chi connectivity index (χ0v) is 24.3. The summed E-state index contributed by atoms with van der Waals surface area (Å²) in [5.41, 5.74) is 3.99. The van der Waals surface area contributed by atoms with Crippen molar-refractivity contribution in [2.45, 2.75) is 51.9 Å². The first-order valence-corrected chi connectivity index (χ1v) is 13.9. The molecule has 12 heteroatoms. The van der Waals surface area contributed by atoms with Gasteiger partial charge in [-0.25, -0.2) is 5.43 Å². The van der Waals surface area contributed by atoms with Gasteiger partial charge in [0, 0.05) is 38.4 Å². The zero-order valence-electron chi connectivity index (χ0n) is 22.0. The second kappa shape index (κ2) is 15.7. The van der Waals surface area contributed by atoms with Crippen molar-refractivity contribution in [3.63, 3.8) is 0 Å². The summed E-state index contributed by atoms with van der Waals surface area (Å²) >= 11 is 9.74. The van der Waals surface area contributed by atoms with Gasteiger partial charge in [-0.15, -0.1) is 0 Å². The monoisotopic (exact) mass is 624 g/mol. The summed E-state index contributed by atoms with van der Waals surface area (Å²) in [7, 11) is 0. The van der Waals surface area contributed by atoms with Crippen LogP contribution < -0.4 is 30.3 Å². The van der Waals surface area contributed by atoms with Gasteiger partial charge < -0.3 is 30.0 Å². The van der Waals surface area contributed by atoms with Crippen molar-refractivity contribution in [3.05, 3.63) is 51.5 Å². The standard InChI is InChI=1S/C27H34BrClN4O6/c1-17(2)30-12-10-27(36)39-23-8-5-19(15-20(23)28)37-13-3-11-31-26(35)16-38-24-7-4-18(14-21(24)29)22-6-9-25(34)33-32-22/h4-5,7-8,14-15,17,27,30,36H,3,6,9-13,16H2,1-2H3,(H,31,35)(H,33,34). The fourth-order valence-corrected chi connectivity index (χ4v) is 4.22. The van der Waals surface area contributed by atoms with E-state index in [0.717, 1.165) is 11.3 Å². The predicted molar refractivity (Wildman–Crippen MR) is 153 cm³/mol. The third-order valence-corrected chi connectivity index (χ3v) is 6.47. The maximum Gasteiger partial charge on any atom is 0.257 e. The van der Waals surface area contributed by atoms with E-state index in [9.17, 15) is 14.7 Å². The van der Waals surface area contributed by atoms with Crippen LogP contribution in [0.4, 0.5) is 0 Å². The minimum absolute atomic E-state index is 0.113. The molecule has 4 N–H and O–H groups in total. The molecule has 0 spiro atoms. The zero-order chi connectivity index (χ0) is 28.2. The SMILES string of the molecule is CC(C)NCCC(O)Oc1ccc(OCCCNC(=O)COc2ccc(C3=NNC(=O)CC3)cc2Cl)cc1Br.